The first-order valence-electron chi connectivity index (χ1n) is 5.40. The van der Waals surface area contributed by atoms with E-state index in [1.54, 1.807) is 18.2 Å². The van der Waals surface area contributed by atoms with E-state index >= 15 is 0 Å². The van der Waals surface area contributed by atoms with Crippen LogP contribution >= 0.6 is 11.6 Å². The molecule has 0 bridgehead atoms. The van der Waals surface area contributed by atoms with Crippen LogP contribution in [0.15, 0.2) is 48.5 Å². The Kier molecular flexibility index (Phi) is 3.85. The van der Waals surface area contributed by atoms with Gasteiger partial charge in [0, 0.05) is 10.7 Å². The predicted octanol–water partition coefficient (Wildman–Crippen LogP) is 3.60. The van der Waals surface area contributed by atoms with E-state index in [1.807, 2.05) is 30.3 Å². The fourth-order valence-electron chi connectivity index (χ4n) is 1.57. The van der Waals surface area contributed by atoms with Crippen molar-refractivity contribution < 1.29 is 9.53 Å². The summed E-state index contributed by atoms with van der Waals surface area (Å²) < 4.78 is 5.14. The fraction of sp³-hybridized carbons (Fsp3) is 0.0714. The highest BCUT2D eigenvalue weighted by Crippen LogP contribution is 2.24. The van der Waals surface area contributed by atoms with Crippen molar-refractivity contribution in [2.75, 3.05) is 12.4 Å². The number of carbonyl (C=O) groups is 1. The number of ether oxygens (including phenoxy) is 1. The van der Waals surface area contributed by atoms with Gasteiger partial charge in [0.15, 0.2) is 0 Å². The van der Waals surface area contributed by atoms with Crippen molar-refractivity contribution >= 4 is 23.2 Å². The van der Waals surface area contributed by atoms with Crippen LogP contribution in [0.25, 0.3) is 0 Å². The molecule has 0 saturated heterocycles. The Morgan fingerprint density at radius 1 is 1.17 bits per heavy atom. The molecule has 2 aromatic rings. The highest BCUT2D eigenvalue weighted by atomic mass is 35.5. The molecular formula is C14H12ClNO2. The molecule has 0 unspecified atom stereocenters. The third kappa shape index (κ3) is 2.81. The van der Waals surface area contributed by atoms with Crippen molar-refractivity contribution in [3.8, 4) is 5.75 Å². The zero-order valence-corrected chi connectivity index (χ0v) is 10.6. The Hall–Kier alpha value is -2.00. The highest BCUT2D eigenvalue weighted by Gasteiger charge is 2.12. The molecule has 4 heteroatoms. The number of hydrogen-bond acceptors (Lipinski definition) is 2. The van der Waals surface area contributed by atoms with Crippen LogP contribution in [0.2, 0.25) is 5.02 Å². The molecule has 0 heterocycles. The van der Waals surface area contributed by atoms with Crippen molar-refractivity contribution in [1.82, 2.24) is 0 Å². The van der Waals surface area contributed by atoms with Crippen LogP contribution in [-0.2, 0) is 0 Å². The molecule has 0 aliphatic carbocycles. The van der Waals surface area contributed by atoms with Crippen LogP contribution in [0.5, 0.6) is 5.75 Å². The number of nitrogens with one attached hydrogen (secondary N) is 1. The van der Waals surface area contributed by atoms with Crippen LogP contribution in [0.3, 0.4) is 0 Å². The smallest absolute Gasteiger partial charge is 0.259 e. The second kappa shape index (κ2) is 5.56. The Morgan fingerprint density at radius 3 is 2.56 bits per heavy atom. The summed E-state index contributed by atoms with van der Waals surface area (Å²) in [5.74, 6) is 0.227. The molecule has 0 atom stereocenters. The van der Waals surface area contributed by atoms with Gasteiger partial charge in [-0.2, -0.15) is 0 Å². The summed E-state index contributed by atoms with van der Waals surface area (Å²) in [6, 6.07) is 14.1. The molecule has 0 aliphatic heterocycles. The molecule has 3 nitrogen and oxygen atoms in total. The molecule has 2 aromatic carbocycles. The number of methoxy groups -OCH3 is 1. The van der Waals surface area contributed by atoms with Gasteiger partial charge in [0.1, 0.15) is 5.75 Å². The van der Waals surface area contributed by atoms with Crippen LogP contribution < -0.4 is 10.1 Å². The third-order valence-corrected chi connectivity index (χ3v) is 2.67. The maximum Gasteiger partial charge on any atom is 0.259 e. The molecule has 0 aromatic heterocycles. The maximum atomic E-state index is 12.1. The minimum atomic E-state index is -0.227. The first-order valence-corrected chi connectivity index (χ1v) is 5.78. The summed E-state index contributed by atoms with van der Waals surface area (Å²) in [5, 5.41) is 3.32. The van der Waals surface area contributed by atoms with Gasteiger partial charge in [-0.3, -0.25) is 4.79 Å². The molecule has 1 N–H and O–H groups in total. The zero-order valence-electron chi connectivity index (χ0n) is 9.81. The lowest BCUT2D eigenvalue weighted by molar-refractivity contribution is 0.102. The fourth-order valence-corrected chi connectivity index (χ4v) is 1.73. The summed E-state index contributed by atoms with van der Waals surface area (Å²) in [6.45, 7) is 0. The van der Waals surface area contributed by atoms with E-state index in [2.05, 4.69) is 5.32 Å². The van der Waals surface area contributed by atoms with Crippen molar-refractivity contribution in [3.63, 3.8) is 0 Å². The standard InChI is InChI=1S/C14H12ClNO2/c1-18-13-9-10(15)7-8-12(13)14(17)16-11-5-3-2-4-6-11/h2-9H,1H3,(H,16,17). The summed E-state index contributed by atoms with van der Waals surface area (Å²) in [7, 11) is 1.50. The summed E-state index contributed by atoms with van der Waals surface area (Å²) >= 11 is 5.85. The average molecular weight is 262 g/mol. The average Bonchev–Trinajstić information content (AvgIpc) is 2.39. The lowest BCUT2D eigenvalue weighted by Gasteiger charge is -2.09. The van der Waals surface area contributed by atoms with Gasteiger partial charge in [0.05, 0.1) is 12.7 Å². The minimum absolute atomic E-state index is 0.227. The summed E-state index contributed by atoms with van der Waals surface area (Å²) in [6.07, 6.45) is 0. The van der Waals surface area contributed by atoms with Gasteiger partial charge in [0.25, 0.3) is 5.91 Å². The van der Waals surface area contributed by atoms with Gasteiger partial charge in [-0.25, -0.2) is 0 Å². The number of carbonyl (C=O) groups excluding carboxylic acids is 1. The maximum absolute atomic E-state index is 12.1. The van der Waals surface area contributed by atoms with Gasteiger partial charge in [-0.1, -0.05) is 29.8 Å². The Morgan fingerprint density at radius 2 is 1.89 bits per heavy atom. The van der Waals surface area contributed by atoms with Gasteiger partial charge >= 0.3 is 0 Å². The highest BCUT2D eigenvalue weighted by molar-refractivity contribution is 6.31. The van der Waals surface area contributed by atoms with E-state index in [4.69, 9.17) is 16.3 Å². The van der Waals surface area contributed by atoms with Crippen LogP contribution in [0.4, 0.5) is 5.69 Å². The van der Waals surface area contributed by atoms with Crippen molar-refractivity contribution in [1.29, 1.82) is 0 Å². The largest absolute Gasteiger partial charge is 0.496 e. The van der Waals surface area contributed by atoms with E-state index in [0.717, 1.165) is 5.69 Å². The quantitative estimate of drug-likeness (QED) is 0.917. The SMILES string of the molecule is COc1cc(Cl)ccc1C(=O)Nc1ccccc1. The van der Waals surface area contributed by atoms with E-state index < -0.39 is 0 Å². The Bertz CT molecular complexity index is 555. The predicted molar refractivity (Wildman–Crippen MR) is 72.4 cm³/mol. The van der Waals surface area contributed by atoms with Gasteiger partial charge < -0.3 is 10.1 Å². The van der Waals surface area contributed by atoms with E-state index in [0.29, 0.717) is 16.3 Å². The Balaban J connectivity index is 2.24. The minimum Gasteiger partial charge on any atom is -0.496 e. The number of para-hydroxylation sites is 1. The monoisotopic (exact) mass is 261 g/mol. The lowest BCUT2D eigenvalue weighted by atomic mass is 10.2. The molecule has 0 saturated carbocycles. The molecule has 2 rings (SSSR count). The van der Waals surface area contributed by atoms with Gasteiger partial charge in [0.2, 0.25) is 0 Å². The number of rotatable bonds is 3. The molecule has 18 heavy (non-hydrogen) atoms. The van der Waals surface area contributed by atoms with Crippen LogP contribution in [0.1, 0.15) is 10.4 Å². The number of anilines is 1. The van der Waals surface area contributed by atoms with Crippen LogP contribution in [0, 0.1) is 0 Å². The molecular weight excluding hydrogens is 250 g/mol. The summed E-state index contributed by atoms with van der Waals surface area (Å²) in [4.78, 5) is 12.1. The normalized spacial score (nSPS) is 9.89. The van der Waals surface area contributed by atoms with E-state index in [1.165, 1.54) is 7.11 Å². The first kappa shape index (κ1) is 12.5. The summed E-state index contributed by atoms with van der Waals surface area (Å²) in [5.41, 5.74) is 1.19. The number of hydrogen-bond donors (Lipinski definition) is 1. The third-order valence-electron chi connectivity index (χ3n) is 2.44. The lowest BCUT2D eigenvalue weighted by Crippen LogP contribution is -2.13. The van der Waals surface area contributed by atoms with E-state index in [-0.39, 0.29) is 5.91 Å². The zero-order chi connectivity index (χ0) is 13.0. The van der Waals surface area contributed by atoms with Crippen molar-refractivity contribution in [3.05, 3.63) is 59.1 Å². The molecule has 0 spiro atoms. The van der Waals surface area contributed by atoms with Gasteiger partial charge in [-0.05, 0) is 30.3 Å². The van der Waals surface area contributed by atoms with Crippen LogP contribution in [-0.4, -0.2) is 13.0 Å². The molecule has 92 valence electrons. The Labute approximate surface area is 110 Å². The first-order chi connectivity index (χ1) is 8.70. The second-order valence-electron chi connectivity index (χ2n) is 3.66. The van der Waals surface area contributed by atoms with E-state index in [9.17, 15) is 4.79 Å². The van der Waals surface area contributed by atoms with Gasteiger partial charge in [-0.15, -0.1) is 0 Å². The number of halogens is 1. The molecule has 0 radical (unpaired) electrons. The molecule has 0 fully saturated rings. The number of benzene rings is 2. The topological polar surface area (TPSA) is 38.3 Å². The van der Waals surface area contributed by atoms with Crippen molar-refractivity contribution in [2.45, 2.75) is 0 Å². The molecule has 1 amide bonds. The number of amides is 1. The van der Waals surface area contributed by atoms with Crippen molar-refractivity contribution in [2.24, 2.45) is 0 Å². The second-order valence-corrected chi connectivity index (χ2v) is 4.10. The molecule has 0 aliphatic rings.